The van der Waals surface area contributed by atoms with Gasteiger partial charge in [-0.25, -0.2) is 0 Å². The van der Waals surface area contributed by atoms with Crippen LogP contribution in [0.3, 0.4) is 0 Å². The Morgan fingerprint density at radius 1 is 1.04 bits per heavy atom. The maximum absolute atomic E-state index is 5.94. The first kappa shape index (κ1) is 16.8. The predicted octanol–water partition coefficient (Wildman–Crippen LogP) is 3.09. The number of ether oxygens (including phenoxy) is 2. The van der Waals surface area contributed by atoms with Crippen molar-refractivity contribution in [3.8, 4) is 11.5 Å². The first-order valence-corrected chi connectivity index (χ1v) is 8.92. The second kappa shape index (κ2) is 8.20. The van der Waals surface area contributed by atoms with Gasteiger partial charge >= 0.3 is 0 Å². The summed E-state index contributed by atoms with van der Waals surface area (Å²) in [5.41, 5.74) is 2.48. The van der Waals surface area contributed by atoms with Gasteiger partial charge in [0, 0.05) is 11.5 Å². The largest absolute Gasteiger partial charge is 0.493 e. The predicted molar refractivity (Wildman–Crippen MR) is 96.6 cm³/mol. The molecule has 2 aromatic carbocycles. The van der Waals surface area contributed by atoms with Crippen molar-refractivity contribution >= 4 is 0 Å². The van der Waals surface area contributed by atoms with Crippen molar-refractivity contribution in [3.05, 3.63) is 59.7 Å². The van der Waals surface area contributed by atoms with Gasteiger partial charge in [-0.05, 0) is 36.6 Å². The summed E-state index contributed by atoms with van der Waals surface area (Å²) in [5.74, 6) is 2.48. The molecule has 0 bridgehead atoms. The normalized spacial score (nSPS) is 20.6. The van der Waals surface area contributed by atoms with Gasteiger partial charge in [0.25, 0.3) is 0 Å². The van der Waals surface area contributed by atoms with Gasteiger partial charge in [0.15, 0.2) is 11.5 Å². The minimum absolute atomic E-state index is 0.561. The first-order chi connectivity index (χ1) is 11.7. The van der Waals surface area contributed by atoms with Gasteiger partial charge in [-0.2, -0.15) is 0 Å². The molecule has 24 heavy (non-hydrogen) atoms. The Bertz CT molecular complexity index is 642. The van der Waals surface area contributed by atoms with Gasteiger partial charge in [-0.15, -0.1) is 0 Å². The summed E-state index contributed by atoms with van der Waals surface area (Å²) >= 11 is 0. The molecule has 2 atom stereocenters. The molecule has 3 nitrogen and oxygen atoms in total. The molecule has 1 fully saturated rings. The van der Waals surface area contributed by atoms with Crippen molar-refractivity contribution in [1.29, 1.82) is 0 Å². The highest BCUT2D eigenvalue weighted by Crippen LogP contribution is 2.28. The SMILES string of the molecule is COc1cc(C[NH+]2CCC[C@H](C)C2)ccc1OCc1ccccc1. The van der Waals surface area contributed by atoms with Crippen molar-refractivity contribution in [2.75, 3.05) is 20.2 Å². The van der Waals surface area contributed by atoms with Gasteiger partial charge < -0.3 is 14.4 Å². The van der Waals surface area contributed by atoms with Gasteiger partial charge in [0.05, 0.1) is 20.2 Å². The van der Waals surface area contributed by atoms with Crippen LogP contribution in [-0.2, 0) is 13.2 Å². The minimum atomic E-state index is 0.561. The summed E-state index contributed by atoms with van der Waals surface area (Å²) in [6.07, 6.45) is 2.71. The third-order valence-electron chi connectivity index (χ3n) is 4.78. The Kier molecular flexibility index (Phi) is 5.76. The Hall–Kier alpha value is -2.00. The monoisotopic (exact) mass is 326 g/mol. The highest BCUT2D eigenvalue weighted by Gasteiger charge is 2.20. The molecule has 3 heteroatoms. The highest BCUT2D eigenvalue weighted by atomic mass is 16.5. The summed E-state index contributed by atoms with van der Waals surface area (Å²) in [7, 11) is 1.71. The minimum Gasteiger partial charge on any atom is -0.493 e. The molecule has 1 aliphatic rings. The van der Waals surface area contributed by atoms with E-state index in [1.807, 2.05) is 24.3 Å². The quantitative estimate of drug-likeness (QED) is 0.881. The number of benzene rings is 2. The number of rotatable bonds is 6. The van der Waals surface area contributed by atoms with Gasteiger partial charge in [-0.3, -0.25) is 0 Å². The second-order valence-corrected chi connectivity index (χ2v) is 6.89. The topological polar surface area (TPSA) is 22.9 Å². The Balaban J connectivity index is 1.64. The van der Waals surface area contributed by atoms with Crippen LogP contribution in [0, 0.1) is 5.92 Å². The van der Waals surface area contributed by atoms with Crippen LogP contribution in [0.25, 0.3) is 0 Å². The van der Waals surface area contributed by atoms with Crippen LogP contribution in [0.4, 0.5) is 0 Å². The summed E-state index contributed by atoms with van der Waals surface area (Å²) in [6, 6.07) is 16.6. The summed E-state index contributed by atoms with van der Waals surface area (Å²) in [4.78, 5) is 1.67. The molecule has 1 heterocycles. The van der Waals surface area contributed by atoms with Crippen molar-refractivity contribution in [2.24, 2.45) is 5.92 Å². The van der Waals surface area contributed by atoms with E-state index in [9.17, 15) is 0 Å². The Morgan fingerprint density at radius 3 is 2.62 bits per heavy atom. The molecule has 0 amide bonds. The maximum Gasteiger partial charge on any atom is 0.161 e. The fourth-order valence-corrected chi connectivity index (χ4v) is 3.52. The molecule has 0 radical (unpaired) electrons. The van der Waals surface area contributed by atoms with E-state index in [-0.39, 0.29) is 0 Å². The van der Waals surface area contributed by atoms with Crippen LogP contribution in [0.15, 0.2) is 48.5 Å². The van der Waals surface area contributed by atoms with Gasteiger partial charge in [0.1, 0.15) is 13.2 Å². The van der Waals surface area contributed by atoms with Gasteiger partial charge in [-0.1, -0.05) is 37.3 Å². The first-order valence-electron chi connectivity index (χ1n) is 8.92. The molecule has 1 saturated heterocycles. The molecule has 3 rings (SSSR count). The lowest BCUT2D eigenvalue weighted by molar-refractivity contribution is -0.922. The van der Waals surface area contributed by atoms with Crippen LogP contribution in [-0.4, -0.2) is 20.2 Å². The smallest absolute Gasteiger partial charge is 0.161 e. The lowest BCUT2D eigenvalue weighted by Gasteiger charge is -2.28. The third kappa shape index (κ3) is 4.51. The van der Waals surface area contributed by atoms with Crippen LogP contribution < -0.4 is 14.4 Å². The molecule has 0 saturated carbocycles. The molecule has 0 spiro atoms. The molecule has 1 N–H and O–H groups in total. The summed E-state index contributed by atoms with van der Waals surface area (Å²) in [5, 5.41) is 0. The number of piperidine rings is 1. The zero-order valence-corrected chi connectivity index (χ0v) is 14.8. The zero-order chi connectivity index (χ0) is 16.8. The molecule has 0 aromatic heterocycles. The van der Waals surface area contributed by atoms with Crippen molar-refractivity contribution in [2.45, 2.75) is 32.9 Å². The van der Waals surface area contributed by atoms with Crippen LogP contribution in [0.2, 0.25) is 0 Å². The van der Waals surface area contributed by atoms with E-state index < -0.39 is 0 Å². The standard InChI is InChI=1S/C21H27NO2/c1-17-7-6-12-22(14-17)15-19-10-11-20(21(13-19)23-2)24-16-18-8-4-3-5-9-18/h3-5,8-11,13,17H,6-7,12,14-16H2,1-2H3/p+1/t17-/m0/s1. The number of methoxy groups -OCH3 is 1. The summed E-state index contributed by atoms with van der Waals surface area (Å²) in [6.45, 7) is 6.54. The molecule has 1 unspecified atom stereocenters. The lowest BCUT2D eigenvalue weighted by atomic mass is 10.00. The fourth-order valence-electron chi connectivity index (χ4n) is 3.52. The van der Waals surface area contributed by atoms with Crippen molar-refractivity contribution < 1.29 is 14.4 Å². The summed E-state index contributed by atoms with van der Waals surface area (Å²) < 4.78 is 11.5. The second-order valence-electron chi connectivity index (χ2n) is 6.89. The average molecular weight is 326 g/mol. The van der Waals surface area contributed by atoms with Crippen LogP contribution >= 0.6 is 0 Å². The highest BCUT2D eigenvalue weighted by molar-refractivity contribution is 5.42. The molecular formula is C21H28NO2+. The van der Waals surface area contributed by atoms with Crippen molar-refractivity contribution in [1.82, 2.24) is 0 Å². The van der Waals surface area contributed by atoms with E-state index in [4.69, 9.17) is 9.47 Å². The Labute approximate surface area is 145 Å². The van der Waals surface area contributed by atoms with E-state index in [0.717, 1.165) is 29.5 Å². The van der Waals surface area contributed by atoms with Crippen LogP contribution in [0.1, 0.15) is 30.9 Å². The number of likely N-dealkylation sites (tertiary alicyclic amines) is 1. The number of nitrogens with one attached hydrogen (secondary N) is 1. The van der Waals surface area contributed by atoms with Crippen LogP contribution in [0.5, 0.6) is 11.5 Å². The fraction of sp³-hybridized carbons (Fsp3) is 0.429. The third-order valence-corrected chi connectivity index (χ3v) is 4.78. The number of hydrogen-bond acceptors (Lipinski definition) is 2. The van der Waals surface area contributed by atoms with Gasteiger partial charge in [0.2, 0.25) is 0 Å². The zero-order valence-electron chi connectivity index (χ0n) is 14.8. The Morgan fingerprint density at radius 2 is 1.88 bits per heavy atom. The lowest BCUT2D eigenvalue weighted by Crippen LogP contribution is -3.12. The van der Waals surface area contributed by atoms with E-state index >= 15 is 0 Å². The molecule has 128 valence electrons. The van der Waals surface area contributed by atoms with E-state index in [1.165, 1.54) is 31.5 Å². The molecule has 0 aliphatic carbocycles. The average Bonchev–Trinajstić information content (AvgIpc) is 2.61. The van der Waals surface area contributed by atoms with E-state index in [0.29, 0.717) is 6.61 Å². The van der Waals surface area contributed by atoms with E-state index in [1.54, 1.807) is 12.0 Å². The number of hydrogen-bond donors (Lipinski definition) is 1. The maximum atomic E-state index is 5.94. The molecule has 2 aromatic rings. The number of quaternary nitrogens is 1. The van der Waals surface area contributed by atoms with Crippen molar-refractivity contribution in [3.63, 3.8) is 0 Å². The molecular weight excluding hydrogens is 298 g/mol. The molecule has 1 aliphatic heterocycles. The van der Waals surface area contributed by atoms with E-state index in [2.05, 4.69) is 31.2 Å².